The van der Waals surface area contributed by atoms with E-state index in [1.54, 1.807) is 0 Å². The minimum atomic E-state index is -5.83. The van der Waals surface area contributed by atoms with Crippen molar-refractivity contribution in [1.82, 2.24) is 9.97 Å². The summed E-state index contributed by atoms with van der Waals surface area (Å²) in [4.78, 5) is 54.6. The summed E-state index contributed by atoms with van der Waals surface area (Å²) in [5.74, 6) is -0.577. The van der Waals surface area contributed by atoms with Gasteiger partial charge in [-0.1, -0.05) is 6.58 Å². The van der Waals surface area contributed by atoms with E-state index in [2.05, 4.69) is 29.7 Å². The lowest BCUT2D eigenvalue weighted by atomic mass is 10.1. The van der Waals surface area contributed by atoms with Crippen LogP contribution in [0.4, 0.5) is 16.2 Å². The number of aliphatic hydroxyl groups excluding tert-OH is 1. The third kappa shape index (κ3) is 6.77. The molecule has 10 N–H and O–H groups in total. The van der Waals surface area contributed by atoms with Gasteiger partial charge in [-0.2, -0.15) is 13.6 Å². The molecule has 194 valence electrons. The number of alkyl halides is 1. The molecule has 0 aliphatic carbocycles. The molecule has 1 aliphatic rings. The van der Waals surface area contributed by atoms with Gasteiger partial charge in [-0.25, -0.2) is 18.1 Å². The molecule has 0 aromatic carbocycles. The van der Waals surface area contributed by atoms with Crippen molar-refractivity contribution in [1.29, 1.82) is 0 Å². The van der Waals surface area contributed by atoms with E-state index in [9.17, 15) is 32.9 Å². The van der Waals surface area contributed by atoms with Crippen LogP contribution in [-0.4, -0.2) is 65.5 Å². The number of aromatic nitrogens is 2. The molecule has 0 amide bonds. The van der Waals surface area contributed by atoms with Crippen molar-refractivity contribution in [2.45, 2.75) is 31.2 Å². The minimum Gasteiger partial charge on any atom is -0.385 e. The monoisotopic (exact) mass is 555 g/mol. The zero-order valence-corrected chi connectivity index (χ0v) is 19.7. The van der Waals surface area contributed by atoms with Gasteiger partial charge in [0, 0.05) is 6.20 Å². The summed E-state index contributed by atoms with van der Waals surface area (Å²) in [7, 11) is -17.1. The number of phosphoric acid groups is 3. The Kier molecular flexibility index (Phi) is 8.29. The van der Waals surface area contributed by atoms with E-state index in [0.29, 0.717) is 0 Å². The van der Waals surface area contributed by atoms with Gasteiger partial charge >= 0.3 is 23.5 Å². The smallest absolute Gasteiger partial charge is 0.385 e. The highest BCUT2D eigenvalue weighted by atomic mass is 31.3. The van der Waals surface area contributed by atoms with Gasteiger partial charge in [-0.3, -0.25) is 20.0 Å². The Bertz CT molecular complexity index is 1150. The SMILES string of the molecule is C=CN(c1nc(N)[nH]c(=O)c1C)C1O[C@](N)(COP(=O)(O)OP(=O)(O)OP(=O)(O)O)[C@@H](O)[C@H]1F. The fourth-order valence-corrected chi connectivity index (χ4v) is 5.76. The molecule has 22 heteroatoms. The van der Waals surface area contributed by atoms with Gasteiger partial charge in [0.1, 0.15) is 18.5 Å². The molecular weight excluding hydrogens is 534 g/mol. The molecule has 1 saturated heterocycles. The van der Waals surface area contributed by atoms with Gasteiger partial charge < -0.3 is 40.1 Å². The van der Waals surface area contributed by atoms with Crippen LogP contribution in [-0.2, 0) is 31.6 Å². The molecule has 3 unspecified atom stereocenters. The standard InChI is InChI=1S/C12H21FN5O13P3/c1-3-18(8-5(2)9(20)17-11(14)16-8)10-6(13)7(19)12(15,29-10)4-28-33(24,25)31-34(26,27)30-32(21,22)23/h3,6-7,10,19H,1,4,15H2,2H3,(H,24,25)(H,26,27)(H2,21,22,23)(H3,14,16,17,20)/t6-,7+,10?,12-/m1/s1. The number of hydrogen-bond donors (Lipinski definition) is 8. The predicted molar refractivity (Wildman–Crippen MR) is 109 cm³/mol. The van der Waals surface area contributed by atoms with E-state index in [-0.39, 0.29) is 17.3 Å². The average molecular weight is 555 g/mol. The summed E-state index contributed by atoms with van der Waals surface area (Å²) < 4.78 is 65.5. The van der Waals surface area contributed by atoms with Gasteiger partial charge in [0.2, 0.25) is 5.95 Å². The summed E-state index contributed by atoms with van der Waals surface area (Å²) in [6.45, 7) is 3.38. The van der Waals surface area contributed by atoms with Crippen molar-refractivity contribution in [2.24, 2.45) is 5.73 Å². The van der Waals surface area contributed by atoms with Gasteiger partial charge in [-0.15, -0.1) is 0 Å². The molecule has 2 heterocycles. The number of nitrogens with one attached hydrogen (secondary N) is 1. The van der Waals surface area contributed by atoms with E-state index in [1.807, 2.05) is 0 Å². The highest BCUT2D eigenvalue weighted by Crippen LogP contribution is 2.66. The largest absolute Gasteiger partial charge is 0.490 e. The first-order chi connectivity index (χ1) is 15.3. The first-order valence-electron chi connectivity index (χ1n) is 8.65. The van der Waals surface area contributed by atoms with Crippen LogP contribution in [0.2, 0.25) is 0 Å². The number of anilines is 2. The number of ether oxygens (including phenoxy) is 1. The number of nitrogens with two attached hydrogens (primary N) is 2. The number of phosphoric ester groups is 1. The fraction of sp³-hybridized carbons (Fsp3) is 0.500. The summed E-state index contributed by atoms with van der Waals surface area (Å²) >= 11 is 0. The molecule has 1 aromatic heterocycles. The molecule has 0 radical (unpaired) electrons. The molecule has 0 bridgehead atoms. The van der Waals surface area contributed by atoms with Gasteiger partial charge in [0.15, 0.2) is 18.1 Å². The van der Waals surface area contributed by atoms with Crippen molar-refractivity contribution in [2.75, 3.05) is 17.2 Å². The van der Waals surface area contributed by atoms with Crippen LogP contribution >= 0.6 is 23.5 Å². The quantitative estimate of drug-likeness (QED) is 0.155. The highest BCUT2D eigenvalue weighted by Gasteiger charge is 2.56. The van der Waals surface area contributed by atoms with Crippen molar-refractivity contribution >= 4 is 35.2 Å². The van der Waals surface area contributed by atoms with Crippen molar-refractivity contribution in [3.8, 4) is 0 Å². The summed E-state index contributed by atoms with van der Waals surface area (Å²) in [6, 6.07) is 0. The van der Waals surface area contributed by atoms with Crippen molar-refractivity contribution in [3.63, 3.8) is 0 Å². The molecule has 1 aliphatic heterocycles. The van der Waals surface area contributed by atoms with Crippen LogP contribution < -0.4 is 21.9 Å². The Balaban J connectivity index is 2.23. The average Bonchev–Trinajstić information content (AvgIpc) is 2.87. The third-order valence-electron chi connectivity index (χ3n) is 4.14. The van der Waals surface area contributed by atoms with E-state index in [1.165, 1.54) is 6.92 Å². The summed E-state index contributed by atoms with van der Waals surface area (Å²) in [6.07, 6.45) is -5.48. The first kappa shape index (κ1) is 28.7. The van der Waals surface area contributed by atoms with Crippen LogP contribution in [0, 0.1) is 6.92 Å². The lowest BCUT2D eigenvalue weighted by Gasteiger charge is -2.30. The number of rotatable bonds is 10. The topological polar surface area (TPSA) is 290 Å². The molecule has 0 saturated carbocycles. The van der Waals surface area contributed by atoms with Gasteiger partial charge in [0.05, 0.1) is 5.56 Å². The Labute approximate surface area is 189 Å². The number of H-pyrrole nitrogens is 1. The second kappa shape index (κ2) is 9.83. The Morgan fingerprint density at radius 2 is 1.88 bits per heavy atom. The maximum atomic E-state index is 14.9. The van der Waals surface area contributed by atoms with E-state index in [0.717, 1.165) is 11.1 Å². The molecule has 18 nitrogen and oxygen atoms in total. The van der Waals surface area contributed by atoms with Gasteiger partial charge in [0.25, 0.3) is 5.56 Å². The Morgan fingerprint density at radius 3 is 2.41 bits per heavy atom. The molecule has 34 heavy (non-hydrogen) atoms. The highest BCUT2D eigenvalue weighted by molar-refractivity contribution is 7.66. The van der Waals surface area contributed by atoms with E-state index >= 15 is 0 Å². The maximum absolute atomic E-state index is 14.9. The normalized spacial score (nSPS) is 28.8. The number of nitrogen functional groups attached to an aromatic ring is 1. The number of aliphatic hydroxyl groups is 1. The lowest BCUT2D eigenvalue weighted by molar-refractivity contribution is -0.104. The number of nitrogens with zero attached hydrogens (tertiary/aromatic N) is 2. The van der Waals surface area contributed by atoms with Crippen molar-refractivity contribution in [3.05, 3.63) is 28.7 Å². The molecule has 1 fully saturated rings. The second-order valence-electron chi connectivity index (χ2n) is 6.71. The zero-order valence-electron chi connectivity index (χ0n) is 17.0. The van der Waals surface area contributed by atoms with Gasteiger partial charge in [-0.05, 0) is 6.92 Å². The maximum Gasteiger partial charge on any atom is 0.490 e. The van der Waals surface area contributed by atoms with Crippen molar-refractivity contribution < 1.29 is 60.6 Å². The minimum absolute atomic E-state index is 0.0535. The summed E-state index contributed by atoms with van der Waals surface area (Å²) in [5.41, 5.74) is 7.89. The summed E-state index contributed by atoms with van der Waals surface area (Å²) in [5, 5.41) is 10.2. The Morgan fingerprint density at radius 1 is 1.29 bits per heavy atom. The predicted octanol–water partition coefficient (Wildman–Crippen LogP) is -1.34. The van der Waals surface area contributed by atoms with Crippen LogP contribution in [0.25, 0.3) is 0 Å². The second-order valence-corrected chi connectivity index (χ2v) is 11.1. The molecule has 6 atom stereocenters. The lowest BCUT2D eigenvalue weighted by Crippen LogP contribution is -2.54. The number of hydrogen-bond acceptors (Lipinski definition) is 13. The molecular formula is C12H21FN5O13P3. The first-order valence-corrected chi connectivity index (χ1v) is 13.2. The number of halogens is 1. The fourth-order valence-electron chi connectivity index (χ4n) is 2.70. The van der Waals surface area contributed by atoms with E-state index in [4.69, 9.17) is 30.9 Å². The van der Waals surface area contributed by atoms with Crippen LogP contribution in [0.15, 0.2) is 17.6 Å². The van der Waals surface area contributed by atoms with Crippen LogP contribution in [0.1, 0.15) is 5.56 Å². The molecule has 0 spiro atoms. The molecule has 1 aromatic rings. The third-order valence-corrected chi connectivity index (χ3v) is 7.93. The zero-order chi connectivity index (χ0) is 26.3. The van der Waals surface area contributed by atoms with Crippen LogP contribution in [0.3, 0.4) is 0 Å². The number of aromatic amines is 1. The Hall–Kier alpha value is -1.56. The van der Waals surface area contributed by atoms with Crippen LogP contribution in [0.5, 0.6) is 0 Å². The van der Waals surface area contributed by atoms with E-state index < -0.39 is 59.9 Å². The molecule has 2 rings (SSSR count).